The van der Waals surface area contributed by atoms with E-state index in [2.05, 4.69) is 5.32 Å². The monoisotopic (exact) mass is 324 g/mol. The molecule has 0 unspecified atom stereocenters. The summed E-state index contributed by atoms with van der Waals surface area (Å²) in [4.78, 5) is 26.8. The minimum absolute atomic E-state index is 0.0457. The summed E-state index contributed by atoms with van der Waals surface area (Å²) in [5.41, 5.74) is 5.98. The first-order chi connectivity index (χ1) is 11.0. The molecular weight excluding hydrogens is 303 g/mol. The molecule has 0 saturated carbocycles. The molecule has 0 radical (unpaired) electrons. The Kier molecular flexibility index (Phi) is 5.75. The highest BCUT2D eigenvalue weighted by molar-refractivity contribution is 5.85. The Labute approximate surface area is 134 Å². The number of amides is 2. The Morgan fingerprint density at radius 3 is 2.61 bits per heavy atom. The highest BCUT2D eigenvalue weighted by Crippen LogP contribution is 2.29. The Morgan fingerprint density at radius 1 is 1.30 bits per heavy atom. The molecule has 3 N–H and O–H groups in total. The first-order valence-corrected chi connectivity index (χ1v) is 7.38. The van der Waals surface area contributed by atoms with Crippen LogP contribution in [0.3, 0.4) is 0 Å². The number of methoxy groups -OCH3 is 1. The number of carbonyl (C=O) groups is 2. The van der Waals surface area contributed by atoms with E-state index < -0.39 is 0 Å². The molecule has 1 aromatic rings. The summed E-state index contributed by atoms with van der Waals surface area (Å²) in [6, 6.07) is 4.40. The van der Waals surface area contributed by atoms with E-state index in [1.54, 1.807) is 11.0 Å². The number of piperazine rings is 1. The van der Waals surface area contributed by atoms with Crippen LogP contribution in [-0.4, -0.2) is 63.1 Å². The molecule has 0 aliphatic carbocycles. The van der Waals surface area contributed by atoms with Crippen LogP contribution >= 0.6 is 0 Å². The van der Waals surface area contributed by atoms with E-state index in [0.717, 1.165) is 5.69 Å². The van der Waals surface area contributed by atoms with Gasteiger partial charge in [0.2, 0.25) is 11.8 Å². The van der Waals surface area contributed by atoms with Gasteiger partial charge in [0, 0.05) is 32.2 Å². The number of hydrogen-bond acceptors (Lipinski definition) is 5. The second-order valence-electron chi connectivity index (χ2n) is 5.16. The van der Waals surface area contributed by atoms with Gasteiger partial charge in [-0.3, -0.25) is 9.59 Å². The van der Waals surface area contributed by atoms with E-state index >= 15 is 0 Å². The van der Waals surface area contributed by atoms with Crippen molar-refractivity contribution < 1.29 is 18.7 Å². The SMILES string of the molecule is COc1cc(F)ccc1N1CCN(C(=O)CNC(=O)CN)CC1. The third kappa shape index (κ3) is 4.32. The lowest BCUT2D eigenvalue weighted by Gasteiger charge is -2.36. The fraction of sp³-hybridized carbons (Fsp3) is 0.467. The minimum atomic E-state index is -0.354. The molecule has 0 spiro atoms. The van der Waals surface area contributed by atoms with E-state index in [1.807, 2.05) is 4.90 Å². The van der Waals surface area contributed by atoms with Crippen molar-refractivity contribution in [1.82, 2.24) is 10.2 Å². The van der Waals surface area contributed by atoms with Crippen LogP contribution in [0.4, 0.5) is 10.1 Å². The van der Waals surface area contributed by atoms with Gasteiger partial charge >= 0.3 is 0 Å². The van der Waals surface area contributed by atoms with Gasteiger partial charge in [-0.15, -0.1) is 0 Å². The molecule has 1 saturated heterocycles. The third-order valence-electron chi connectivity index (χ3n) is 3.74. The number of ether oxygens (including phenoxy) is 1. The van der Waals surface area contributed by atoms with Crippen molar-refractivity contribution >= 4 is 17.5 Å². The van der Waals surface area contributed by atoms with E-state index in [4.69, 9.17) is 10.5 Å². The van der Waals surface area contributed by atoms with E-state index in [1.165, 1.54) is 19.2 Å². The zero-order valence-corrected chi connectivity index (χ0v) is 13.0. The van der Waals surface area contributed by atoms with Crippen LogP contribution < -0.4 is 20.7 Å². The van der Waals surface area contributed by atoms with Crippen LogP contribution in [0.1, 0.15) is 0 Å². The van der Waals surface area contributed by atoms with E-state index in [9.17, 15) is 14.0 Å². The second-order valence-corrected chi connectivity index (χ2v) is 5.16. The van der Waals surface area contributed by atoms with Gasteiger partial charge in [0.1, 0.15) is 11.6 Å². The number of nitrogens with zero attached hydrogens (tertiary/aromatic N) is 2. The molecule has 1 fully saturated rings. The zero-order valence-electron chi connectivity index (χ0n) is 13.0. The normalized spacial score (nSPS) is 14.6. The quantitative estimate of drug-likeness (QED) is 0.766. The van der Waals surface area contributed by atoms with Crippen molar-refractivity contribution in [2.45, 2.75) is 0 Å². The van der Waals surface area contributed by atoms with Crippen LogP contribution in [0, 0.1) is 5.82 Å². The van der Waals surface area contributed by atoms with Gasteiger partial charge in [-0.2, -0.15) is 0 Å². The molecule has 1 aromatic carbocycles. The summed E-state index contributed by atoms with van der Waals surface area (Å²) in [5, 5.41) is 2.47. The molecule has 126 valence electrons. The number of nitrogens with one attached hydrogen (secondary N) is 1. The van der Waals surface area contributed by atoms with Crippen LogP contribution in [0.2, 0.25) is 0 Å². The molecule has 1 aliphatic heterocycles. The highest BCUT2D eigenvalue weighted by Gasteiger charge is 2.23. The highest BCUT2D eigenvalue weighted by atomic mass is 19.1. The fourth-order valence-electron chi connectivity index (χ4n) is 2.47. The molecule has 7 nitrogen and oxygen atoms in total. The van der Waals surface area contributed by atoms with Crippen LogP contribution in [0.25, 0.3) is 0 Å². The molecule has 23 heavy (non-hydrogen) atoms. The lowest BCUT2D eigenvalue weighted by atomic mass is 10.2. The van der Waals surface area contributed by atoms with Crippen molar-refractivity contribution in [2.75, 3.05) is 51.3 Å². The largest absolute Gasteiger partial charge is 0.494 e. The third-order valence-corrected chi connectivity index (χ3v) is 3.74. The van der Waals surface area contributed by atoms with Crippen molar-refractivity contribution in [1.29, 1.82) is 0 Å². The van der Waals surface area contributed by atoms with Crippen LogP contribution in [-0.2, 0) is 9.59 Å². The number of rotatable bonds is 5. The predicted octanol–water partition coefficient (Wildman–Crippen LogP) is -0.442. The van der Waals surface area contributed by atoms with Crippen molar-refractivity contribution in [3.8, 4) is 5.75 Å². The standard InChI is InChI=1S/C15H21FN4O3/c1-23-13-8-11(16)2-3-12(13)19-4-6-20(7-5-19)15(22)10-18-14(21)9-17/h2-3,8H,4-7,9-10,17H2,1H3,(H,18,21). The number of benzene rings is 1. The van der Waals surface area contributed by atoms with E-state index in [-0.39, 0.29) is 30.7 Å². The molecule has 0 aromatic heterocycles. The topological polar surface area (TPSA) is 87.9 Å². The Hall–Kier alpha value is -2.35. The molecule has 8 heteroatoms. The van der Waals surface area contributed by atoms with Gasteiger partial charge in [0.25, 0.3) is 0 Å². The summed E-state index contributed by atoms with van der Waals surface area (Å²) in [5.74, 6) is -0.374. The van der Waals surface area contributed by atoms with Crippen molar-refractivity contribution in [2.24, 2.45) is 5.73 Å². The summed E-state index contributed by atoms with van der Waals surface area (Å²) in [6.45, 7) is 2.09. The summed E-state index contributed by atoms with van der Waals surface area (Å²) in [6.07, 6.45) is 0. The summed E-state index contributed by atoms with van der Waals surface area (Å²) in [7, 11) is 1.50. The molecule has 0 atom stereocenters. The fourth-order valence-corrected chi connectivity index (χ4v) is 2.47. The lowest BCUT2D eigenvalue weighted by Crippen LogP contribution is -2.51. The van der Waals surface area contributed by atoms with Gasteiger partial charge in [-0.1, -0.05) is 0 Å². The molecule has 0 bridgehead atoms. The summed E-state index contributed by atoms with van der Waals surface area (Å²) < 4.78 is 18.5. The second kappa shape index (κ2) is 7.77. The summed E-state index contributed by atoms with van der Waals surface area (Å²) >= 11 is 0. The number of carbonyl (C=O) groups excluding carboxylic acids is 2. The average Bonchev–Trinajstić information content (AvgIpc) is 2.59. The molecular formula is C15H21FN4O3. The Bertz CT molecular complexity index is 574. The maximum Gasteiger partial charge on any atom is 0.242 e. The van der Waals surface area contributed by atoms with E-state index in [0.29, 0.717) is 31.9 Å². The lowest BCUT2D eigenvalue weighted by molar-refractivity contribution is -0.132. The first-order valence-electron chi connectivity index (χ1n) is 7.38. The number of nitrogens with two attached hydrogens (primary N) is 1. The van der Waals surface area contributed by atoms with Crippen molar-refractivity contribution in [3.05, 3.63) is 24.0 Å². The molecule has 1 aliphatic rings. The predicted molar refractivity (Wildman–Crippen MR) is 83.8 cm³/mol. The maximum atomic E-state index is 13.3. The van der Waals surface area contributed by atoms with Crippen LogP contribution in [0.15, 0.2) is 18.2 Å². The Balaban J connectivity index is 1.91. The Morgan fingerprint density at radius 2 is 2.00 bits per heavy atom. The van der Waals surface area contributed by atoms with Gasteiger partial charge in [-0.25, -0.2) is 4.39 Å². The van der Waals surface area contributed by atoms with Gasteiger partial charge in [0.15, 0.2) is 0 Å². The van der Waals surface area contributed by atoms with Gasteiger partial charge in [-0.05, 0) is 12.1 Å². The number of anilines is 1. The molecule has 1 heterocycles. The maximum absolute atomic E-state index is 13.3. The zero-order chi connectivity index (χ0) is 16.8. The van der Waals surface area contributed by atoms with Crippen LogP contribution in [0.5, 0.6) is 5.75 Å². The first kappa shape index (κ1) is 17.0. The average molecular weight is 324 g/mol. The number of halogens is 1. The number of hydrogen-bond donors (Lipinski definition) is 2. The van der Waals surface area contributed by atoms with Gasteiger partial charge < -0.3 is 25.6 Å². The molecule has 2 rings (SSSR count). The minimum Gasteiger partial charge on any atom is -0.494 e. The van der Waals surface area contributed by atoms with Gasteiger partial charge in [0.05, 0.1) is 25.9 Å². The molecule has 2 amide bonds. The smallest absolute Gasteiger partial charge is 0.242 e. The van der Waals surface area contributed by atoms with Crippen molar-refractivity contribution in [3.63, 3.8) is 0 Å².